The second kappa shape index (κ2) is 5.45. The molecule has 1 N–H and O–H groups in total. The third kappa shape index (κ3) is 2.87. The van der Waals surface area contributed by atoms with E-state index in [1.165, 1.54) is 12.1 Å². The molecule has 0 saturated heterocycles. The van der Waals surface area contributed by atoms with Crippen LogP contribution in [0.1, 0.15) is 24.8 Å². The van der Waals surface area contributed by atoms with Gasteiger partial charge in [-0.3, -0.25) is 9.48 Å². The Morgan fingerprint density at radius 3 is 2.75 bits per heavy atom. The highest BCUT2D eigenvalue weighted by Gasteiger charge is 2.25. The van der Waals surface area contributed by atoms with Crippen molar-refractivity contribution >= 4 is 11.6 Å². The Balaban J connectivity index is 1.61. The lowest BCUT2D eigenvalue weighted by atomic mass is 9.85. The predicted octanol–water partition coefficient (Wildman–Crippen LogP) is 2.81. The largest absolute Gasteiger partial charge is 0.323 e. The average molecular weight is 273 g/mol. The first kappa shape index (κ1) is 12.8. The van der Waals surface area contributed by atoms with Crippen LogP contribution in [-0.2, 0) is 11.3 Å². The van der Waals surface area contributed by atoms with Gasteiger partial charge in [-0.1, -0.05) is 18.6 Å². The fourth-order valence-electron chi connectivity index (χ4n) is 2.21. The van der Waals surface area contributed by atoms with Gasteiger partial charge in [0, 0.05) is 12.1 Å². The molecule has 1 aliphatic rings. The molecule has 2 aromatic rings. The molecule has 1 saturated carbocycles. The zero-order chi connectivity index (χ0) is 13.9. The minimum absolute atomic E-state index is 0.0811. The van der Waals surface area contributed by atoms with Crippen LogP contribution in [0.5, 0.6) is 0 Å². The first-order chi connectivity index (χ1) is 9.70. The maximum absolute atomic E-state index is 12.8. The standard InChI is InChI=1S/C15H16FN3O/c16-13-6-4-11(5-7-13)9-19-10-14(8-17-19)18-15(20)12-2-1-3-12/h4-8,10,12H,1-3,9H2,(H,18,20). The van der Waals surface area contributed by atoms with Gasteiger partial charge in [0.05, 0.1) is 18.4 Å². The molecule has 0 unspecified atom stereocenters. The summed E-state index contributed by atoms with van der Waals surface area (Å²) in [6.07, 6.45) is 6.53. The number of halogens is 1. The number of amides is 1. The van der Waals surface area contributed by atoms with Crippen LogP contribution in [0.25, 0.3) is 0 Å². The average Bonchev–Trinajstić information content (AvgIpc) is 2.77. The summed E-state index contributed by atoms with van der Waals surface area (Å²) in [6.45, 7) is 0.555. The van der Waals surface area contributed by atoms with Crippen LogP contribution in [-0.4, -0.2) is 15.7 Å². The van der Waals surface area contributed by atoms with Crippen LogP contribution < -0.4 is 5.32 Å². The summed E-state index contributed by atoms with van der Waals surface area (Å²) >= 11 is 0. The second-order valence-electron chi connectivity index (χ2n) is 5.17. The topological polar surface area (TPSA) is 46.9 Å². The molecule has 0 atom stereocenters. The molecule has 0 radical (unpaired) electrons. The molecule has 1 fully saturated rings. The van der Waals surface area contributed by atoms with Gasteiger partial charge in [-0.25, -0.2) is 4.39 Å². The molecular weight excluding hydrogens is 257 g/mol. The van der Waals surface area contributed by atoms with Crippen molar-refractivity contribution in [3.8, 4) is 0 Å². The number of hydrogen-bond acceptors (Lipinski definition) is 2. The van der Waals surface area contributed by atoms with Crippen LogP contribution >= 0.6 is 0 Å². The Labute approximate surface area is 116 Å². The van der Waals surface area contributed by atoms with E-state index in [1.807, 2.05) is 0 Å². The highest BCUT2D eigenvalue weighted by molar-refractivity contribution is 5.92. The molecule has 1 aromatic heterocycles. The van der Waals surface area contributed by atoms with Gasteiger partial charge in [0.25, 0.3) is 0 Å². The number of benzene rings is 1. The first-order valence-corrected chi connectivity index (χ1v) is 6.78. The van der Waals surface area contributed by atoms with Gasteiger partial charge in [-0.2, -0.15) is 5.10 Å². The normalized spacial score (nSPS) is 14.8. The molecular formula is C15H16FN3O. The highest BCUT2D eigenvalue weighted by atomic mass is 19.1. The molecule has 4 nitrogen and oxygen atoms in total. The van der Waals surface area contributed by atoms with Crippen LogP contribution in [0.2, 0.25) is 0 Å². The molecule has 0 aliphatic heterocycles. The van der Waals surface area contributed by atoms with Crippen molar-refractivity contribution in [1.29, 1.82) is 0 Å². The van der Waals surface area contributed by atoms with E-state index in [-0.39, 0.29) is 17.6 Å². The smallest absolute Gasteiger partial charge is 0.227 e. The van der Waals surface area contributed by atoms with Gasteiger partial charge < -0.3 is 5.32 Å². The lowest BCUT2D eigenvalue weighted by Crippen LogP contribution is -2.27. The summed E-state index contributed by atoms with van der Waals surface area (Å²) in [7, 11) is 0. The SMILES string of the molecule is O=C(Nc1cnn(Cc2ccc(F)cc2)c1)C1CCC1. The van der Waals surface area contributed by atoms with Gasteiger partial charge in [0.1, 0.15) is 5.82 Å². The third-order valence-electron chi connectivity index (χ3n) is 3.63. The highest BCUT2D eigenvalue weighted by Crippen LogP contribution is 2.27. The molecule has 104 valence electrons. The summed E-state index contributed by atoms with van der Waals surface area (Å²) < 4.78 is 14.5. The molecule has 1 amide bonds. The Morgan fingerprint density at radius 2 is 2.10 bits per heavy atom. The van der Waals surface area contributed by atoms with E-state index in [4.69, 9.17) is 0 Å². The van der Waals surface area contributed by atoms with Gasteiger partial charge in [0.2, 0.25) is 5.91 Å². The minimum Gasteiger partial charge on any atom is -0.323 e. The minimum atomic E-state index is -0.248. The zero-order valence-electron chi connectivity index (χ0n) is 11.1. The molecule has 3 rings (SSSR count). The zero-order valence-corrected chi connectivity index (χ0v) is 11.1. The van der Waals surface area contributed by atoms with Crippen molar-refractivity contribution in [3.63, 3.8) is 0 Å². The van der Waals surface area contributed by atoms with Crippen molar-refractivity contribution in [3.05, 3.63) is 48.0 Å². The van der Waals surface area contributed by atoms with Crippen molar-refractivity contribution in [2.45, 2.75) is 25.8 Å². The van der Waals surface area contributed by atoms with E-state index in [9.17, 15) is 9.18 Å². The Kier molecular flexibility index (Phi) is 3.50. The summed E-state index contributed by atoms with van der Waals surface area (Å²) in [5.41, 5.74) is 1.68. The molecule has 1 heterocycles. The predicted molar refractivity (Wildman–Crippen MR) is 73.7 cm³/mol. The van der Waals surface area contributed by atoms with Gasteiger partial charge in [-0.05, 0) is 30.5 Å². The molecule has 20 heavy (non-hydrogen) atoms. The van der Waals surface area contributed by atoms with E-state index in [2.05, 4.69) is 10.4 Å². The number of rotatable bonds is 4. The van der Waals surface area contributed by atoms with Gasteiger partial charge in [0.15, 0.2) is 0 Å². The molecule has 0 spiro atoms. The lowest BCUT2D eigenvalue weighted by Gasteiger charge is -2.23. The van der Waals surface area contributed by atoms with Gasteiger partial charge >= 0.3 is 0 Å². The molecule has 1 aliphatic carbocycles. The van der Waals surface area contributed by atoms with Crippen LogP contribution in [0, 0.1) is 11.7 Å². The molecule has 1 aromatic carbocycles. The summed E-state index contributed by atoms with van der Waals surface area (Å²) in [5, 5.41) is 7.08. The number of hydrogen-bond donors (Lipinski definition) is 1. The summed E-state index contributed by atoms with van der Waals surface area (Å²) in [6, 6.07) is 6.31. The second-order valence-corrected chi connectivity index (χ2v) is 5.17. The molecule has 0 bridgehead atoms. The van der Waals surface area contributed by atoms with Crippen LogP contribution in [0.4, 0.5) is 10.1 Å². The van der Waals surface area contributed by atoms with E-state index in [0.29, 0.717) is 12.2 Å². The van der Waals surface area contributed by atoms with Gasteiger partial charge in [-0.15, -0.1) is 0 Å². The van der Waals surface area contributed by atoms with E-state index < -0.39 is 0 Å². The Bertz CT molecular complexity index is 602. The fourth-order valence-corrected chi connectivity index (χ4v) is 2.21. The summed E-state index contributed by atoms with van der Waals surface area (Å²) in [5.74, 6) is -0.00398. The third-order valence-corrected chi connectivity index (χ3v) is 3.63. The number of nitrogens with one attached hydrogen (secondary N) is 1. The number of anilines is 1. The van der Waals surface area contributed by atoms with Crippen molar-refractivity contribution in [2.75, 3.05) is 5.32 Å². The van der Waals surface area contributed by atoms with E-state index in [0.717, 1.165) is 24.8 Å². The number of carbonyl (C=O) groups excluding carboxylic acids is 1. The number of carbonyl (C=O) groups is 1. The lowest BCUT2D eigenvalue weighted by molar-refractivity contribution is -0.122. The quantitative estimate of drug-likeness (QED) is 0.931. The maximum Gasteiger partial charge on any atom is 0.227 e. The fraction of sp³-hybridized carbons (Fsp3) is 0.333. The first-order valence-electron chi connectivity index (χ1n) is 6.78. The van der Waals surface area contributed by atoms with Crippen molar-refractivity contribution < 1.29 is 9.18 Å². The van der Waals surface area contributed by atoms with Crippen LogP contribution in [0.15, 0.2) is 36.7 Å². The number of nitrogens with zero attached hydrogens (tertiary/aromatic N) is 2. The Hall–Kier alpha value is -2.17. The van der Waals surface area contributed by atoms with E-state index >= 15 is 0 Å². The van der Waals surface area contributed by atoms with Crippen molar-refractivity contribution in [2.24, 2.45) is 5.92 Å². The van der Waals surface area contributed by atoms with Crippen LogP contribution in [0.3, 0.4) is 0 Å². The van der Waals surface area contributed by atoms with Crippen molar-refractivity contribution in [1.82, 2.24) is 9.78 Å². The Morgan fingerprint density at radius 1 is 1.35 bits per heavy atom. The maximum atomic E-state index is 12.8. The summed E-state index contributed by atoms with van der Waals surface area (Å²) in [4.78, 5) is 11.8. The number of aromatic nitrogens is 2. The van der Waals surface area contributed by atoms with E-state index in [1.54, 1.807) is 29.2 Å². The molecule has 5 heteroatoms. The monoisotopic (exact) mass is 273 g/mol.